The Morgan fingerprint density at radius 3 is 2.68 bits per heavy atom. The third kappa shape index (κ3) is 3.33. The van der Waals surface area contributed by atoms with Crippen LogP contribution in [0.5, 0.6) is 11.8 Å². The topological polar surface area (TPSA) is 72.3 Å². The summed E-state index contributed by atoms with van der Waals surface area (Å²) in [5, 5.41) is 9.67. The molecule has 0 spiro atoms. The fraction of sp³-hybridized carbons (Fsp3) is 0.0833. The molecule has 2 aromatic rings. The van der Waals surface area contributed by atoms with Crippen LogP contribution in [0.25, 0.3) is 0 Å². The van der Waals surface area contributed by atoms with Crippen LogP contribution in [0.15, 0.2) is 24.3 Å². The summed E-state index contributed by atoms with van der Waals surface area (Å²) in [7, 11) is 0. The number of ether oxygens (including phenoxy) is 1. The minimum absolute atomic E-state index is 0.0958. The molecule has 0 amide bonds. The van der Waals surface area contributed by atoms with Gasteiger partial charge in [-0.25, -0.2) is 9.78 Å². The van der Waals surface area contributed by atoms with Crippen molar-refractivity contribution in [3.63, 3.8) is 0 Å². The molecule has 1 aromatic heterocycles. The van der Waals surface area contributed by atoms with Crippen LogP contribution in [0.1, 0.15) is 16.2 Å². The van der Waals surface area contributed by atoms with Crippen molar-refractivity contribution >= 4 is 29.2 Å². The van der Waals surface area contributed by atoms with Gasteiger partial charge in [0.05, 0.1) is 5.02 Å². The molecule has 0 aliphatic heterocycles. The van der Waals surface area contributed by atoms with Gasteiger partial charge in [0.1, 0.15) is 0 Å². The zero-order valence-corrected chi connectivity index (χ0v) is 11.2. The number of hydrogen-bond donors (Lipinski definition) is 1. The molecule has 5 nitrogen and oxygen atoms in total. The first kappa shape index (κ1) is 13.6. The van der Waals surface area contributed by atoms with Crippen LogP contribution in [-0.2, 0) is 0 Å². The molecule has 0 saturated carbocycles. The summed E-state index contributed by atoms with van der Waals surface area (Å²) in [4.78, 5) is 18.6. The number of carboxylic acids is 1. The van der Waals surface area contributed by atoms with Gasteiger partial charge in [0.2, 0.25) is 0 Å². The van der Waals surface area contributed by atoms with E-state index in [0.29, 0.717) is 15.7 Å². The lowest BCUT2D eigenvalue weighted by Crippen LogP contribution is -2.04. The second-order valence-corrected chi connectivity index (χ2v) is 4.50. The monoisotopic (exact) mass is 298 g/mol. The minimum atomic E-state index is -1.16. The average Bonchev–Trinajstić information content (AvgIpc) is 2.33. The summed E-state index contributed by atoms with van der Waals surface area (Å²) in [6, 6.07) is 5.91. The van der Waals surface area contributed by atoms with E-state index < -0.39 is 5.97 Å². The van der Waals surface area contributed by atoms with Crippen molar-refractivity contribution < 1.29 is 14.6 Å². The lowest BCUT2D eigenvalue weighted by Gasteiger charge is -2.07. The van der Waals surface area contributed by atoms with Crippen LogP contribution in [-0.4, -0.2) is 21.0 Å². The Labute approximate surface area is 118 Å². The highest BCUT2D eigenvalue weighted by molar-refractivity contribution is 6.34. The zero-order valence-electron chi connectivity index (χ0n) is 9.72. The number of carboxylic acid groups (broad SMARTS) is 1. The number of aromatic carboxylic acids is 1. The lowest BCUT2D eigenvalue weighted by atomic mass is 10.3. The largest absolute Gasteiger partial charge is 0.477 e. The van der Waals surface area contributed by atoms with E-state index in [0.717, 1.165) is 0 Å². The van der Waals surface area contributed by atoms with E-state index in [1.807, 2.05) is 0 Å². The third-order valence-corrected chi connectivity index (χ3v) is 2.69. The Kier molecular flexibility index (Phi) is 3.87. The molecule has 0 unspecified atom stereocenters. The van der Waals surface area contributed by atoms with Crippen molar-refractivity contribution in [3.05, 3.63) is 45.7 Å². The highest BCUT2D eigenvalue weighted by Gasteiger charge is 2.12. The number of aryl methyl sites for hydroxylation is 1. The Bertz CT molecular complexity index is 647. The summed E-state index contributed by atoms with van der Waals surface area (Å²) >= 11 is 11.8. The summed E-state index contributed by atoms with van der Waals surface area (Å²) in [6.45, 7) is 1.64. The molecule has 0 fully saturated rings. The van der Waals surface area contributed by atoms with Crippen LogP contribution in [0, 0.1) is 6.92 Å². The predicted molar refractivity (Wildman–Crippen MR) is 70.3 cm³/mol. The molecule has 0 aliphatic rings. The van der Waals surface area contributed by atoms with Crippen molar-refractivity contribution in [3.8, 4) is 11.8 Å². The third-order valence-electron chi connectivity index (χ3n) is 2.15. The van der Waals surface area contributed by atoms with Crippen LogP contribution in [0.3, 0.4) is 0 Å². The number of hydrogen-bond acceptors (Lipinski definition) is 4. The van der Waals surface area contributed by atoms with E-state index in [1.54, 1.807) is 19.1 Å². The predicted octanol–water partition coefficient (Wildman–Crippen LogP) is 3.58. The highest BCUT2D eigenvalue weighted by Crippen LogP contribution is 2.30. The second kappa shape index (κ2) is 5.42. The van der Waals surface area contributed by atoms with E-state index in [2.05, 4.69) is 9.97 Å². The molecule has 0 atom stereocenters. The van der Waals surface area contributed by atoms with Crippen LogP contribution in [0.4, 0.5) is 0 Å². The van der Waals surface area contributed by atoms with E-state index >= 15 is 0 Å². The number of aromatic nitrogens is 2. The second-order valence-electron chi connectivity index (χ2n) is 3.66. The molecule has 0 radical (unpaired) electrons. The average molecular weight is 299 g/mol. The number of benzene rings is 1. The first-order valence-electron chi connectivity index (χ1n) is 5.17. The summed E-state index contributed by atoms with van der Waals surface area (Å²) in [6.07, 6.45) is 0. The van der Waals surface area contributed by atoms with Gasteiger partial charge in [-0.05, 0) is 25.1 Å². The zero-order chi connectivity index (χ0) is 14.0. The maximum absolute atomic E-state index is 10.9. The summed E-state index contributed by atoms with van der Waals surface area (Å²) in [5.74, 6) is -0.899. The van der Waals surface area contributed by atoms with Crippen molar-refractivity contribution in [1.82, 2.24) is 9.97 Å². The molecule has 1 aromatic carbocycles. The van der Waals surface area contributed by atoms with Gasteiger partial charge in [-0.3, -0.25) is 0 Å². The van der Waals surface area contributed by atoms with Gasteiger partial charge in [-0.15, -0.1) is 0 Å². The summed E-state index contributed by atoms with van der Waals surface area (Å²) in [5.41, 5.74) is 0.321. The molecular formula is C12H8Cl2N2O3. The normalized spacial score (nSPS) is 10.3. The maximum atomic E-state index is 10.9. The van der Waals surface area contributed by atoms with E-state index in [-0.39, 0.29) is 17.5 Å². The van der Waals surface area contributed by atoms with Crippen LogP contribution >= 0.6 is 23.2 Å². The molecular weight excluding hydrogens is 291 g/mol. The fourth-order valence-electron chi connectivity index (χ4n) is 1.35. The molecule has 0 saturated heterocycles. The molecule has 0 bridgehead atoms. The molecule has 2 rings (SSSR count). The van der Waals surface area contributed by atoms with Crippen molar-refractivity contribution in [2.24, 2.45) is 0 Å². The quantitative estimate of drug-likeness (QED) is 0.937. The molecule has 0 aliphatic carbocycles. The van der Waals surface area contributed by atoms with Gasteiger partial charge < -0.3 is 9.84 Å². The molecule has 7 heteroatoms. The number of halogens is 2. The Morgan fingerprint density at radius 1 is 1.26 bits per heavy atom. The molecule has 1 heterocycles. The first-order chi connectivity index (χ1) is 8.95. The van der Waals surface area contributed by atoms with Gasteiger partial charge in [0.15, 0.2) is 11.4 Å². The van der Waals surface area contributed by atoms with Gasteiger partial charge in [-0.2, -0.15) is 4.98 Å². The lowest BCUT2D eigenvalue weighted by molar-refractivity contribution is 0.0689. The van der Waals surface area contributed by atoms with Gasteiger partial charge in [0, 0.05) is 16.8 Å². The number of carbonyl (C=O) groups is 1. The summed E-state index contributed by atoms with van der Waals surface area (Å²) < 4.78 is 5.36. The SMILES string of the molecule is Cc1cc(C(=O)O)nc(Oc2cc(Cl)ccc2Cl)n1. The fourth-order valence-corrected chi connectivity index (χ4v) is 1.67. The van der Waals surface area contributed by atoms with E-state index in [4.69, 9.17) is 33.0 Å². The molecule has 98 valence electrons. The van der Waals surface area contributed by atoms with Crippen LogP contribution < -0.4 is 4.74 Å². The Morgan fingerprint density at radius 2 is 2.00 bits per heavy atom. The van der Waals surface area contributed by atoms with Crippen molar-refractivity contribution in [2.45, 2.75) is 6.92 Å². The van der Waals surface area contributed by atoms with Crippen molar-refractivity contribution in [2.75, 3.05) is 0 Å². The smallest absolute Gasteiger partial charge is 0.354 e. The molecule has 1 N–H and O–H groups in total. The number of rotatable bonds is 3. The molecule has 19 heavy (non-hydrogen) atoms. The van der Waals surface area contributed by atoms with Crippen LogP contribution in [0.2, 0.25) is 10.0 Å². The minimum Gasteiger partial charge on any atom is -0.477 e. The van der Waals surface area contributed by atoms with E-state index in [1.165, 1.54) is 12.1 Å². The number of nitrogens with zero attached hydrogens (tertiary/aromatic N) is 2. The van der Waals surface area contributed by atoms with Gasteiger partial charge in [-0.1, -0.05) is 23.2 Å². The first-order valence-corrected chi connectivity index (χ1v) is 5.93. The standard InChI is InChI=1S/C12H8Cl2N2O3/c1-6-4-9(11(17)18)16-12(15-6)19-10-5-7(13)2-3-8(10)14/h2-5H,1H3,(H,17,18). The van der Waals surface area contributed by atoms with Gasteiger partial charge >= 0.3 is 12.0 Å². The maximum Gasteiger partial charge on any atom is 0.354 e. The van der Waals surface area contributed by atoms with E-state index in [9.17, 15) is 4.79 Å². The highest BCUT2D eigenvalue weighted by atomic mass is 35.5. The Balaban J connectivity index is 2.38. The van der Waals surface area contributed by atoms with Gasteiger partial charge in [0.25, 0.3) is 0 Å². The van der Waals surface area contributed by atoms with Crippen molar-refractivity contribution in [1.29, 1.82) is 0 Å². The Hall–Kier alpha value is -1.85.